The van der Waals surface area contributed by atoms with Gasteiger partial charge in [-0.1, -0.05) is 86.0 Å². The first-order valence-corrected chi connectivity index (χ1v) is 12.6. The number of nitrogens with zero attached hydrogens (tertiary/aromatic N) is 2. The number of hydrogen-bond acceptors (Lipinski definition) is 2. The number of hydrogen-bond donors (Lipinski definition) is 0. The Labute approximate surface area is 218 Å². The largest absolute Gasteiger partial charge is 0.378 e. The lowest BCUT2D eigenvalue weighted by Crippen LogP contribution is -2.08. The molecule has 0 spiro atoms. The van der Waals surface area contributed by atoms with Crippen LogP contribution >= 0.6 is 31.9 Å². The van der Waals surface area contributed by atoms with Crippen molar-refractivity contribution in [2.45, 2.75) is 6.92 Å². The number of halogens is 2. The van der Waals surface area contributed by atoms with E-state index in [9.17, 15) is 0 Å². The minimum absolute atomic E-state index is 0.925. The molecule has 170 valence electrons. The molecule has 34 heavy (non-hydrogen) atoms. The van der Waals surface area contributed by atoms with E-state index in [4.69, 9.17) is 4.99 Å². The Hall–Kier alpha value is -2.95. The predicted octanol–water partition coefficient (Wildman–Crippen LogP) is 8.95. The Morgan fingerprint density at radius 1 is 0.676 bits per heavy atom. The van der Waals surface area contributed by atoms with Crippen molar-refractivity contribution in [3.8, 4) is 0 Å². The van der Waals surface area contributed by atoms with Gasteiger partial charge in [-0.2, -0.15) is 0 Å². The van der Waals surface area contributed by atoms with E-state index in [0.29, 0.717) is 0 Å². The fourth-order valence-corrected chi connectivity index (χ4v) is 4.12. The maximum Gasteiger partial charge on any atom is 0.0787 e. The van der Waals surface area contributed by atoms with Crippen LogP contribution in [-0.4, -0.2) is 19.8 Å². The summed E-state index contributed by atoms with van der Waals surface area (Å²) in [4.78, 5) is 7.26. The smallest absolute Gasteiger partial charge is 0.0787 e. The van der Waals surface area contributed by atoms with Gasteiger partial charge in [-0.15, -0.1) is 0 Å². The van der Waals surface area contributed by atoms with Crippen molar-refractivity contribution in [3.63, 3.8) is 0 Å². The van der Waals surface area contributed by atoms with Crippen LogP contribution in [0, 0.1) is 6.92 Å². The molecule has 2 nitrogen and oxygen atoms in total. The third-order valence-corrected chi connectivity index (χ3v) is 6.58. The molecule has 4 aromatic carbocycles. The molecule has 0 atom stereocenters. The molecule has 0 radical (unpaired) electrons. The Bertz CT molecular complexity index is 1300. The highest BCUT2D eigenvalue weighted by Crippen LogP contribution is 2.29. The first kappa shape index (κ1) is 24.2. The minimum atomic E-state index is 0.925. The van der Waals surface area contributed by atoms with Gasteiger partial charge < -0.3 is 4.90 Å². The van der Waals surface area contributed by atoms with Gasteiger partial charge >= 0.3 is 0 Å². The van der Waals surface area contributed by atoms with Crippen LogP contribution in [0.15, 0.2) is 111 Å². The molecule has 0 saturated carbocycles. The number of aryl methyl sites for hydroxylation is 1. The van der Waals surface area contributed by atoms with Gasteiger partial charge in [-0.05, 0) is 72.7 Å². The molecule has 0 aromatic heterocycles. The molecule has 0 aliphatic carbocycles. The SMILES string of the molecule is Cc1ccc(N=C(/C(=C/c2ccc(N(C)C)cc2)c2ccc(Br)cc2)c2ccc(Br)cc2)cc1. The number of rotatable bonds is 6. The Kier molecular flexibility index (Phi) is 7.81. The molecule has 4 rings (SSSR count). The fourth-order valence-electron chi connectivity index (χ4n) is 3.59. The molecule has 0 heterocycles. The molecule has 4 heteroatoms. The molecule has 4 aromatic rings. The first-order valence-electron chi connectivity index (χ1n) is 11.1. The van der Waals surface area contributed by atoms with Crippen LogP contribution < -0.4 is 4.90 Å². The van der Waals surface area contributed by atoms with Crippen molar-refractivity contribution in [1.82, 2.24) is 0 Å². The van der Waals surface area contributed by atoms with Crippen molar-refractivity contribution in [3.05, 3.63) is 128 Å². The second-order valence-electron chi connectivity index (χ2n) is 8.35. The predicted molar refractivity (Wildman–Crippen MR) is 154 cm³/mol. The van der Waals surface area contributed by atoms with Gasteiger partial charge in [0.2, 0.25) is 0 Å². The first-order chi connectivity index (χ1) is 16.4. The second-order valence-corrected chi connectivity index (χ2v) is 10.2. The van der Waals surface area contributed by atoms with E-state index in [1.54, 1.807) is 0 Å². The number of aliphatic imine (C=N–C) groups is 1. The summed E-state index contributed by atoms with van der Waals surface area (Å²) in [6, 6.07) is 33.7. The molecule has 0 bridgehead atoms. The number of benzene rings is 4. The average molecular weight is 574 g/mol. The number of allylic oxidation sites excluding steroid dienone is 1. The Morgan fingerprint density at radius 3 is 1.74 bits per heavy atom. The van der Waals surface area contributed by atoms with Crippen molar-refractivity contribution in [2.75, 3.05) is 19.0 Å². The summed E-state index contributed by atoms with van der Waals surface area (Å²) in [6.07, 6.45) is 2.22. The highest BCUT2D eigenvalue weighted by Gasteiger charge is 2.14. The van der Waals surface area contributed by atoms with Gasteiger partial charge in [0.15, 0.2) is 0 Å². The maximum atomic E-state index is 5.15. The van der Waals surface area contributed by atoms with Gasteiger partial charge in [0.25, 0.3) is 0 Å². The summed E-state index contributed by atoms with van der Waals surface area (Å²) in [5.74, 6) is 0. The van der Waals surface area contributed by atoms with Crippen LogP contribution in [0.25, 0.3) is 11.6 Å². The van der Waals surface area contributed by atoms with Crippen molar-refractivity contribution in [2.24, 2.45) is 4.99 Å². The van der Waals surface area contributed by atoms with Crippen LogP contribution in [0.3, 0.4) is 0 Å². The van der Waals surface area contributed by atoms with Crippen molar-refractivity contribution in [1.29, 1.82) is 0 Å². The highest BCUT2D eigenvalue weighted by molar-refractivity contribution is 9.10. The zero-order valence-electron chi connectivity index (χ0n) is 19.5. The summed E-state index contributed by atoms with van der Waals surface area (Å²) in [6.45, 7) is 2.09. The van der Waals surface area contributed by atoms with E-state index in [0.717, 1.165) is 42.6 Å². The van der Waals surface area contributed by atoms with Crippen LogP contribution in [-0.2, 0) is 0 Å². The maximum absolute atomic E-state index is 5.15. The average Bonchev–Trinajstić information content (AvgIpc) is 2.84. The molecule has 0 amide bonds. The van der Waals surface area contributed by atoms with Gasteiger partial charge in [0.1, 0.15) is 0 Å². The molecular formula is C30H26Br2N2. The molecule has 0 aliphatic rings. The van der Waals surface area contributed by atoms with Crippen LogP contribution in [0.4, 0.5) is 11.4 Å². The van der Waals surface area contributed by atoms with Gasteiger partial charge in [-0.3, -0.25) is 0 Å². The summed E-state index contributed by atoms with van der Waals surface area (Å²) in [7, 11) is 4.11. The van der Waals surface area contributed by atoms with E-state index >= 15 is 0 Å². The molecule has 0 N–H and O–H groups in total. The lowest BCUT2D eigenvalue weighted by atomic mass is 9.93. The van der Waals surface area contributed by atoms with Gasteiger partial charge in [0.05, 0.1) is 11.4 Å². The quantitative estimate of drug-likeness (QED) is 0.166. The van der Waals surface area contributed by atoms with E-state index in [2.05, 4.69) is 161 Å². The third kappa shape index (κ3) is 6.13. The zero-order chi connectivity index (χ0) is 24.1. The van der Waals surface area contributed by atoms with Crippen LogP contribution in [0.2, 0.25) is 0 Å². The highest BCUT2D eigenvalue weighted by atomic mass is 79.9. The topological polar surface area (TPSA) is 15.6 Å². The molecule has 0 fully saturated rings. The third-order valence-electron chi connectivity index (χ3n) is 5.52. The Morgan fingerprint density at radius 2 is 1.21 bits per heavy atom. The normalized spacial score (nSPS) is 12.0. The lowest BCUT2D eigenvalue weighted by Gasteiger charge is -2.15. The molecule has 0 saturated heterocycles. The molecule has 0 aliphatic heterocycles. The molecule has 0 unspecified atom stereocenters. The standard InChI is InChI=1S/C30H26Br2N2/c1-21-4-16-27(17-5-21)33-30(24-10-14-26(32)15-11-24)29(23-8-12-25(31)13-9-23)20-22-6-18-28(19-7-22)34(2)3/h4-20H,1-3H3/b29-20+,33-30?. The van der Waals surface area contributed by atoms with Gasteiger partial charge in [0, 0.05) is 39.9 Å². The van der Waals surface area contributed by atoms with E-state index in [1.165, 1.54) is 11.3 Å². The van der Waals surface area contributed by atoms with E-state index in [-0.39, 0.29) is 0 Å². The zero-order valence-corrected chi connectivity index (χ0v) is 22.6. The van der Waals surface area contributed by atoms with Crippen molar-refractivity contribution < 1.29 is 0 Å². The summed E-state index contributed by atoms with van der Waals surface area (Å²) >= 11 is 7.14. The second kappa shape index (κ2) is 11.0. The number of anilines is 1. The van der Waals surface area contributed by atoms with Crippen LogP contribution in [0.1, 0.15) is 22.3 Å². The molecular weight excluding hydrogens is 548 g/mol. The fraction of sp³-hybridized carbons (Fsp3) is 0.100. The van der Waals surface area contributed by atoms with Crippen molar-refractivity contribution >= 4 is 60.6 Å². The lowest BCUT2D eigenvalue weighted by molar-refractivity contribution is 1.13. The van der Waals surface area contributed by atoms with E-state index in [1.807, 2.05) is 0 Å². The Balaban J connectivity index is 1.92. The summed E-state index contributed by atoms with van der Waals surface area (Å²) in [5.41, 5.74) is 8.59. The summed E-state index contributed by atoms with van der Waals surface area (Å²) in [5, 5.41) is 0. The minimum Gasteiger partial charge on any atom is -0.378 e. The monoisotopic (exact) mass is 572 g/mol. The van der Waals surface area contributed by atoms with Crippen LogP contribution in [0.5, 0.6) is 0 Å². The van der Waals surface area contributed by atoms with E-state index < -0.39 is 0 Å². The van der Waals surface area contributed by atoms with Gasteiger partial charge in [-0.25, -0.2) is 4.99 Å². The summed E-state index contributed by atoms with van der Waals surface area (Å²) < 4.78 is 2.09.